The Morgan fingerprint density at radius 2 is 0.762 bits per heavy atom. The fraction of sp³-hybridized carbons (Fsp3) is 0.257. The van der Waals surface area contributed by atoms with Crippen LogP contribution in [0.25, 0.3) is 133 Å². The first kappa shape index (κ1) is 97.6. The van der Waals surface area contributed by atoms with Gasteiger partial charge in [0, 0.05) is 229 Å². The average molecular weight is 2010 g/mol. The first-order valence-electron chi connectivity index (χ1n) is 47.5. The second kappa shape index (κ2) is 44.5. The fourth-order valence-electron chi connectivity index (χ4n) is 17.9. The van der Waals surface area contributed by atoms with E-state index in [1.807, 2.05) is 160 Å². The summed E-state index contributed by atoms with van der Waals surface area (Å²) in [5, 5.41) is 23.2. The minimum Gasteiger partial charge on any atom is -0.381 e. The SMILES string of the molecule is CCn1c(=O)c(-c2ccc(-c3ccccc3F)cc2Cl)cc2cnc(NC3CCOCC3)nc21.Cc1ccccc1Cn1c(=O)c(-c2ccc(-c3ccccc3)cc2Cl)cc2cnc(NC3CCOCC3)nc21.Cc1cnc(-c2ccc(-c3cc4cnc(NC5CCOCC5)nc4[nH]c3=O)c(Cl)c2)s1.Cc1nc(-c2ccc(-c3cc4cnc(NC5CCOCC5)nc4n(Cc4ccccc4C)c3=O)c(Cl)c2)no1. The topological polar surface area (TPSA) is 339 Å². The quantitative estimate of drug-likeness (QED) is 0.0446. The van der Waals surface area contributed by atoms with Crippen LogP contribution in [0.5, 0.6) is 0 Å². The summed E-state index contributed by atoms with van der Waals surface area (Å²) >= 11 is 28.3. The van der Waals surface area contributed by atoms with E-state index in [4.69, 9.17) is 79.8 Å². The van der Waals surface area contributed by atoms with Crippen molar-refractivity contribution >= 4 is 126 Å². The Bertz CT molecular complexity index is 8000. The predicted octanol–water partition coefficient (Wildman–Crippen LogP) is 22.3. The Morgan fingerprint density at radius 1 is 0.378 bits per heavy atom. The minimum absolute atomic E-state index is 0.143. The summed E-state index contributed by atoms with van der Waals surface area (Å²) < 4.78 is 46.1. The molecule has 0 spiro atoms. The summed E-state index contributed by atoms with van der Waals surface area (Å²) in [5.74, 6) is 2.60. The number of aryl methyl sites for hydroxylation is 5. The number of aromatic nitrogens is 15. The van der Waals surface area contributed by atoms with Crippen LogP contribution in [0.3, 0.4) is 0 Å². The van der Waals surface area contributed by atoms with Crippen LogP contribution in [0.4, 0.5) is 28.2 Å². The molecule has 8 aromatic carbocycles. The van der Waals surface area contributed by atoms with Gasteiger partial charge in [0.25, 0.3) is 22.2 Å². The summed E-state index contributed by atoms with van der Waals surface area (Å²) in [6.07, 6.45) is 16.0. The molecule has 4 aliphatic heterocycles. The number of benzene rings is 8. The highest BCUT2D eigenvalue weighted by Gasteiger charge is 2.27. The molecule has 18 aromatic rings. The Balaban J connectivity index is 0.000000121. The molecule has 0 bridgehead atoms. The van der Waals surface area contributed by atoms with Gasteiger partial charge in [-0.25, -0.2) is 29.3 Å². The first-order chi connectivity index (χ1) is 69.6. The molecule has 22 rings (SSSR count). The molecule has 10 aromatic heterocycles. The molecule has 28 nitrogen and oxygen atoms in total. The van der Waals surface area contributed by atoms with Crippen LogP contribution < -0.4 is 43.5 Å². The molecule has 4 fully saturated rings. The number of ether oxygens (including phenoxy) is 4. The molecule has 5 N–H and O–H groups in total. The van der Waals surface area contributed by atoms with E-state index in [0.29, 0.717) is 185 Å². The summed E-state index contributed by atoms with van der Waals surface area (Å²) in [4.78, 5) is 104. The second-order valence-corrected chi connectivity index (χ2v) is 38.3. The van der Waals surface area contributed by atoms with E-state index in [0.717, 1.165) is 148 Å². The highest BCUT2D eigenvalue weighted by atomic mass is 35.5. The maximum atomic E-state index is 14.2. The van der Waals surface area contributed by atoms with Crippen LogP contribution >= 0.6 is 57.7 Å². The summed E-state index contributed by atoms with van der Waals surface area (Å²) in [6.45, 7) is 16.7. The van der Waals surface area contributed by atoms with Crippen molar-refractivity contribution in [1.82, 2.24) is 73.7 Å². The van der Waals surface area contributed by atoms with Gasteiger partial charge in [0.15, 0.2) is 0 Å². The van der Waals surface area contributed by atoms with Gasteiger partial charge in [-0.2, -0.15) is 24.9 Å². The van der Waals surface area contributed by atoms with E-state index in [1.165, 1.54) is 6.07 Å². The number of aromatic amines is 1. The van der Waals surface area contributed by atoms with Gasteiger partial charge in [-0.15, -0.1) is 11.3 Å². The maximum absolute atomic E-state index is 14.2. The summed E-state index contributed by atoms with van der Waals surface area (Å²) in [5.41, 5.74) is 15.0. The number of anilines is 4. The molecule has 4 aliphatic rings. The number of hydrogen-bond acceptors (Lipinski definition) is 25. The lowest BCUT2D eigenvalue weighted by Crippen LogP contribution is -2.29. The molecule has 143 heavy (non-hydrogen) atoms. The molecule has 0 atom stereocenters. The maximum Gasteiger partial charge on any atom is 0.260 e. The number of halogens is 5. The number of hydrogen-bond donors (Lipinski definition) is 5. The van der Waals surface area contributed by atoms with Crippen molar-refractivity contribution in [3.05, 3.63) is 332 Å². The Kier molecular flexibility index (Phi) is 30.4. The van der Waals surface area contributed by atoms with Gasteiger partial charge in [-0.3, -0.25) is 32.9 Å². The Morgan fingerprint density at radius 3 is 1.20 bits per heavy atom. The smallest absolute Gasteiger partial charge is 0.260 e. The van der Waals surface area contributed by atoms with Gasteiger partial charge in [0.05, 0.1) is 13.1 Å². The number of rotatable bonds is 21. The van der Waals surface area contributed by atoms with Gasteiger partial charge < -0.3 is 49.7 Å². The van der Waals surface area contributed by atoms with Crippen LogP contribution in [0, 0.1) is 33.5 Å². The van der Waals surface area contributed by atoms with Gasteiger partial charge in [0.1, 0.15) is 33.4 Å². The lowest BCUT2D eigenvalue weighted by molar-refractivity contribution is 0.0902. The summed E-state index contributed by atoms with van der Waals surface area (Å²) in [6, 6.07) is 63.0. The fourth-order valence-corrected chi connectivity index (χ4v) is 19.8. The lowest BCUT2D eigenvalue weighted by Gasteiger charge is -2.23. The van der Waals surface area contributed by atoms with Crippen LogP contribution in [-0.2, 0) is 38.6 Å². The molecule has 34 heteroatoms. The standard InChI is InChI=1S/C32H29ClN4O2.C29H27ClN6O3.C26H24ClFN4O2.C22H20ClN5O2S/c1-21-7-5-6-10-24(21)20-37-30-25(19-34-32(36-30)35-26-13-15-39-16-14-26)17-28(31(37)38)27-12-11-23(18-29(27)33)22-8-3-2-4-9-22;1-17-5-3-4-6-20(17)16-36-27-21(15-31-29(34-27)33-22-9-11-38-12-10-22)13-24(28(36)37)23-8-7-19(14-25(23)30)26-32-18(2)39-35-26;1-2-32-24-17(15-29-26(31-24)30-18-9-11-34-12-10-18)13-21(25(32)33)20-8-7-16(14-22(20)27)19-5-3-4-6-23(19)28;1-12-10-24-21(31-12)13-2-3-16(18(23)9-13)17-8-14-11-25-22(28-19(14)27-20(17)29)26-15-4-6-30-7-5-15/h2-12,17-19,26H,13-16,20H2,1H3,(H,34,35,36);3-8,13-15,22H,9-12,16H2,1-2H3,(H,31,33,34);3-8,13-15,18H,2,9-12H2,1H3,(H,29,30,31);2-3,8-11,15H,4-7H2,1H3,(H2,25,26,27,28,29). The third-order valence-electron chi connectivity index (χ3n) is 25.8. The molecule has 0 radical (unpaired) electrons. The van der Waals surface area contributed by atoms with E-state index in [2.05, 4.69) is 84.3 Å². The Hall–Kier alpha value is -14.2. The van der Waals surface area contributed by atoms with Gasteiger partial charge >= 0.3 is 0 Å². The molecule has 726 valence electrons. The number of nitrogens with one attached hydrogen (secondary N) is 5. The zero-order chi connectivity index (χ0) is 98.7. The number of thiazole rings is 1. The average Bonchev–Trinajstić information content (AvgIpc) is 1.34. The van der Waals surface area contributed by atoms with Crippen LogP contribution in [0.15, 0.2) is 255 Å². The number of nitrogens with zero attached hydrogens (tertiary/aromatic N) is 14. The summed E-state index contributed by atoms with van der Waals surface area (Å²) in [7, 11) is 0. The van der Waals surface area contributed by atoms with E-state index in [9.17, 15) is 23.6 Å². The largest absolute Gasteiger partial charge is 0.381 e. The molecular formula is C109H100Cl4FN19O9S. The zero-order valence-electron chi connectivity index (χ0n) is 78.9. The molecule has 0 aliphatic carbocycles. The van der Waals surface area contributed by atoms with Crippen molar-refractivity contribution in [2.75, 3.05) is 74.1 Å². The van der Waals surface area contributed by atoms with E-state index >= 15 is 0 Å². The van der Waals surface area contributed by atoms with Crippen molar-refractivity contribution in [2.24, 2.45) is 0 Å². The van der Waals surface area contributed by atoms with Crippen molar-refractivity contribution in [1.29, 1.82) is 0 Å². The minimum atomic E-state index is -0.326. The number of fused-ring (bicyclic) bond motifs is 4. The van der Waals surface area contributed by atoms with Gasteiger partial charge in [-0.1, -0.05) is 197 Å². The normalized spacial score (nSPS) is 14.3. The first-order valence-corrected chi connectivity index (χ1v) is 49.8. The third kappa shape index (κ3) is 22.7. The van der Waals surface area contributed by atoms with Gasteiger partial charge in [-0.05, 0) is 173 Å². The molecule has 0 unspecified atom stereocenters. The molecule has 0 saturated carbocycles. The van der Waals surface area contributed by atoms with Crippen molar-refractivity contribution < 1.29 is 27.9 Å². The van der Waals surface area contributed by atoms with Crippen LogP contribution in [-0.4, -0.2) is 151 Å². The zero-order valence-corrected chi connectivity index (χ0v) is 82.8. The number of pyridine rings is 4. The number of H-pyrrole nitrogens is 1. The lowest BCUT2D eigenvalue weighted by atomic mass is 10.00. The van der Waals surface area contributed by atoms with Crippen molar-refractivity contribution in [2.45, 2.75) is 130 Å². The Labute approximate surface area is 845 Å². The van der Waals surface area contributed by atoms with Crippen LogP contribution in [0.2, 0.25) is 20.1 Å². The highest BCUT2D eigenvalue weighted by Crippen LogP contribution is 2.39. The second-order valence-electron chi connectivity index (χ2n) is 35.4. The molecule has 4 saturated heterocycles. The third-order valence-corrected chi connectivity index (χ3v) is 28.0. The highest BCUT2D eigenvalue weighted by molar-refractivity contribution is 7.15. The van der Waals surface area contributed by atoms with E-state index in [1.54, 1.807) is 111 Å². The van der Waals surface area contributed by atoms with Crippen molar-refractivity contribution in [3.8, 4) is 88.7 Å². The molecule has 14 heterocycles. The van der Waals surface area contributed by atoms with Gasteiger partial charge in [0.2, 0.25) is 35.5 Å². The molecule has 0 amide bonds. The van der Waals surface area contributed by atoms with Crippen molar-refractivity contribution in [3.63, 3.8) is 0 Å². The molecular weight excluding hydrogens is 1910 g/mol. The monoisotopic (exact) mass is 2010 g/mol. The van der Waals surface area contributed by atoms with E-state index < -0.39 is 0 Å². The van der Waals surface area contributed by atoms with E-state index in [-0.39, 0.29) is 52.2 Å². The predicted molar refractivity (Wildman–Crippen MR) is 564 cm³/mol. The van der Waals surface area contributed by atoms with Crippen LogP contribution in [0.1, 0.15) is 91.3 Å².